The van der Waals surface area contributed by atoms with Crippen LogP contribution in [-0.2, 0) is 17.2 Å². The first-order chi connectivity index (χ1) is 13.3. The van der Waals surface area contributed by atoms with Gasteiger partial charge in [-0.25, -0.2) is 0 Å². The van der Waals surface area contributed by atoms with Crippen LogP contribution in [0.25, 0.3) is 11.1 Å². The van der Waals surface area contributed by atoms with Gasteiger partial charge in [0.15, 0.2) is 0 Å². The van der Waals surface area contributed by atoms with Crippen LogP contribution in [0.4, 0.5) is 26.3 Å². The first kappa shape index (κ1) is 22.1. The highest BCUT2D eigenvalue weighted by Gasteiger charge is 2.37. The van der Waals surface area contributed by atoms with Crippen LogP contribution in [-0.4, -0.2) is 23.8 Å². The van der Waals surface area contributed by atoms with Gasteiger partial charge in [0.05, 0.1) is 22.4 Å². The van der Waals surface area contributed by atoms with Crippen molar-refractivity contribution in [3.05, 3.63) is 52.6 Å². The van der Waals surface area contributed by atoms with Gasteiger partial charge in [-0.1, -0.05) is 5.16 Å². The van der Waals surface area contributed by atoms with Crippen molar-refractivity contribution < 1.29 is 41.1 Å². The van der Waals surface area contributed by atoms with Gasteiger partial charge in [-0.15, -0.1) is 0 Å². The molecule has 5 nitrogen and oxygen atoms in total. The first-order valence-corrected chi connectivity index (χ1v) is 7.80. The molecule has 0 bridgehead atoms. The van der Waals surface area contributed by atoms with E-state index < -0.39 is 51.8 Å². The molecule has 0 aromatic heterocycles. The maximum Gasteiger partial charge on any atom is 0.416 e. The zero-order valence-electron chi connectivity index (χ0n) is 14.9. The van der Waals surface area contributed by atoms with E-state index in [9.17, 15) is 36.2 Å². The predicted molar refractivity (Wildman–Crippen MR) is 91.3 cm³/mol. The van der Waals surface area contributed by atoms with E-state index in [4.69, 9.17) is 5.73 Å². The number of carbonyl (C=O) groups excluding carboxylic acids is 1. The van der Waals surface area contributed by atoms with Gasteiger partial charge in [0.25, 0.3) is 5.91 Å². The second kappa shape index (κ2) is 7.64. The number of oxime groups is 1. The summed E-state index contributed by atoms with van der Waals surface area (Å²) in [6.07, 6.45) is -10.2. The summed E-state index contributed by atoms with van der Waals surface area (Å²) in [5.74, 6) is -2.00. The van der Waals surface area contributed by atoms with Gasteiger partial charge in [-0.3, -0.25) is 4.79 Å². The van der Waals surface area contributed by atoms with Gasteiger partial charge >= 0.3 is 12.4 Å². The molecule has 0 saturated carbocycles. The Kier molecular flexibility index (Phi) is 5.81. The van der Waals surface area contributed by atoms with Gasteiger partial charge < -0.3 is 15.7 Å². The number of alkyl halides is 6. The average Bonchev–Trinajstić information content (AvgIpc) is 2.60. The molecule has 0 spiro atoms. The molecule has 0 fully saturated rings. The third kappa shape index (κ3) is 4.79. The van der Waals surface area contributed by atoms with E-state index in [2.05, 4.69) is 9.99 Å². The van der Waals surface area contributed by atoms with Crippen LogP contribution < -0.4 is 5.73 Å². The van der Waals surface area contributed by atoms with Crippen LogP contribution in [0.5, 0.6) is 5.75 Å². The maximum absolute atomic E-state index is 13.1. The lowest BCUT2D eigenvalue weighted by atomic mass is 9.93. The van der Waals surface area contributed by atoms with E-state index in [0.29, 0.717) is 12.1 Å². The molecule has 3 N–H and O–H groups in total. The second-order valence-corrected chi connectivity index (χ2v) is 5.94. The fraction of sp³-hybridized carbons (Fsp3) is 0.222. The smallest absolute Gasteiger partial charge is 0.416 e. The van der Waals surface area contributed by atoms with Crippen molar-refractivity contribution in [2.45, 2.75) is 19.3 Å². The number of nitrogens with zero attached hydrogens (tertiary/aromatic N) is 1. The van der Waals surface area contributed by atoms with Gasteiger partial charge in [0, 0.05) is 11.1 Å². The summed E-state index contributed by atoms with van der Waals surface area (Å²) < 4.78 is 78.8. The topological polar surface area (TPSA) is 84.9 Å². The third-order valence-electron chi connectivity index (χ3n) is 3.92. The molecule has 0 unspecified atom stereocenters. The lowest BCUT2D eigenvalue weighted by Crippen LogP contribution is -2.13. The number of carbonyl (C=O) groups is 1. The summed E-state index contributed by atoms with van der Waals surface area (Å²) in [4.78, 5) is 16.2. The normalized spacial score (nSPS) is 12.8. The van der Waals surface area contributed by atoms with Crippen LogP contribution in [0.15, 0.2) is 35.5 Å². The van der Waals surface area contributed by atoms with E-state index in [0.717, 1.165) is 12.1 Å². The maximum atomic E-state index is 13.1. The molecule has 156 valence electrons. The van der Waals surface area contributed by atoms with Gasteiger partial charge in [-0.2, -0.15) is 26.3 Å². The van der Waals surface area contributed by atoms with Crippen LogP contribution in [0, 0.1) is 0 Å². The summed E-state index contributed by atoms with van der Waals surface area (Å²) in [6, 6.07) is 2.99. The molecular formula is C18H14F6N2O3. The number of benzene rings is 2. The van der Waals surface area contributed by atoms with Crippen molar-refractivity contribution in [1.82, 2.24) is 0 Å². The predicted octanol–water partition coefficient (Wildman–Crippen LogP) is 4.57. The second-order valence-electron chi connectivity index (χ2n) is 5.94. The molecule has 1 amide bonds. The van der Waals surface area contributed by atoms with Crippen LogP contribution in [0.1, 0.15) is 34.0 Å². The van der Waals surface area contributed by atoms with E-state index in [-0.39, 0.29) is 17.3 Å². The van der Waals surface area contributed by atoms with E-state index in [1.54, 1.807) is 0 Å². The van der Waals surface area contributed by atoms with Crippen LogP contribution in [0.3, 0.4) is 0 Å². The molecule has 0 saturated heterocycles. The molecular weight excluding hydrogens is 406 g/mol. The average molecular weight is 420 g/mol. The van der Waals surface area contributed by atoms with Crippen molar-refractivity contribution in [3.63, 3.8) is 0 Å². The van der Waals surface area contributed by atoms with Crippen LogP contribution >= 0.6 is 0 Å². The molecule has 0 aliphatic carbocycles. The SMILES string of the molecule is CO/N=C(\C)c1cc(C(N)=O)c(O)c(-c2cc(C(F)(F)F)cc(C(F)(F)F)c2)c1. The standard InChI is InChI=1S/C18H14F6N2O3/c1-8(26-29-2)9-5-13(15(27)14(6-9)16(25)28)10-3-11(17(19,20)21)7-12(4-10)18(22,23)24/h3-7,27H,1-2H3,(H2,25,28)/b26-8+. The van der Waals surface area contributed by atoms with Gasteiger partial charge in [0.1, 0.15) is 12.9 Å². The van der Waals surface area contributed by atoms with E-state index in [1.165, 1.54) is 14.0 Å². The van der Waals surface area contributed by atoms with Crippen molar-refractivity contribution >= 4 is 11.6 Å². The molecule has 0 atom stereocenters. The summed E-state index contributed by atoms with van der Waals surface area (Å²) in [6.45, 7) is 1.41. The quantitative estimate of drug-likeness (QED) is 0.432. The van der Waals surface area contributed by atoms with Crippen molar-refractivity contribution in [2.24, 2.45) is 10.9 Å². The number of aromatic hydroxyl groups is 1. The van der Waals surface area contributed by atoms with Crippen molar-refractivity contribution in [3.8, 4) is 16.9 Å². The number of nitrogens with two attached hydrogens (primary N) is 1. The number of primary amides is 1. The Hall–Kier alpha value is -3.24. The lowest BCUT2D eigenvalue weighted by molar-refractivity contribution is -0.143. The van der Waals surface area contributed by atoms with Crippen molar-refractivity contribution in [2.75, 3.05) is 7.11 Å². The molecule has 0 radical (unpaired) electrons. The minimum atomic E-state index is -5.08. The molecule has 0 heterocycles. The Balaban J connectivity index is 2.88. The Morgan fingerprint density at radius 3 is 1.93 bits per heavy atom. The summed E-state index contributed by atoms with van der Waals surface area (Å²) >= 11 is 0. The molecule has 11 heteroatoms. The van der Waals surface area contributed by atoms with E-state index >= 15 is 0 Å². The molecule has 2 aromatic rings. The molecule has 0 aliphatic rings. The fourth-order valence-corrected chi connectivity index (χ4v) is 2.55. The fourth-order valence-electron chi connectivity index (χ4n) is 2.55. The summed E-state index contributed by atoms with van der Waals surface area (Å²) in [7, 11) is 1.21. The van der Waals surface area contributed by atoms with E-state index in [1.807, 2.05) is 0 Å². The molecule has 2 aromatic carbocycles. The Morgan fingerprint density at radius 1 is 1.00 bits per heavy atom. The Labute approximate surface area is 160 Å². The zero-order valence-corrected chi connectivity index (χ0v) is 14.9. The summed E-state index contributed by atoms with van der Waals surface area (Å²) in [5, 5.41) is 13.9. The number of hydrogen-bond donors (Lipinski definition) is 2. The molecule has 29 heavy (non-hydrogen) atoms. The largest absolute Gasteiger partial charge is 0.506 e. The molecule has 0 aliphatic heterocycles. The Morgan fingerprint density at radius 2 is 1.52 bits per heavy atom. The molecule has 2 rings (SSSR count). The van der Waals surface area contributed by atoms with Gasteiger partial charge in [-0.05, 0) is 42.8 Å². The van der Waals surface area contributed by atoms with Crippen LogP contribution in [0.2, 0.25) is 0 Å². The highest BCUT2D eigenvalue weighted by atomic mass is 19.4. The monoisotopic (exact) mass is 420 g/mol. The number of amides is 1. The Bertz CT molecular complexity index is 949. The number of rotatable bonds is 4. The number of phenols is 1. The van der Waals surface area contributed by atoms with Crippen molar-refractivity contribution in [1.29, 1.82) is 0 Å². The van der Waals surface area contributed by atoms with Gasteiger partial charge in [0.2, 0.25) is 0 Å². The number of hydrogen-bond acceptors (Lipinski definition) is 4. The summed E-state index contributed by atoms with van der Waals surface area (Å²) in [5.41, 5.74) is 0.683. The lowest BCUT2D eigenvalue weighted by Gasteiger charge is -2.16. The number of halogens is 6. The first-order valence-electron chi connectivity index (χ1n) is 7.80. The minimum Gasteiger partial charge on any atom is -0.506 e. The minimum absolute atomic E-state index is 0.0446. The highest BCUT2D eigenvalue weighted by molar-refractivity contribution is 6.05. The zero-order chi connectivity index (χ0) is 22.1. The third-order valence-corrected chi connectivity index (χ3v) is 3.92. The highest BCUT2D eigenvalue weighted by Crippen LogP contribution is 2.41.